The number of likely N-dealkylation sites (N-methyl/N-ethyl adjacent to an activating group) is 2. The number of esters is 1. The number of carbonyl (C=O) groups is 5. The average molecular weight is 671 g/mol. The monoisotopic (exact) mass is 670 g/mol. The van der Waals surface area contributed by atoms with Crippen molar-refractivity contribution >= 4 is 40.9 Å². The molecule has 1 N–H and O–H groups in total. The van der Waals surface area contributed by atoms with Gasteiger partial charge in [-0.1, -0.05) is 78.9 Å². The molecule has 3 amide bonds. The molecule has 0 saturated carbocycles. The number of hydrogen-bond donors (Lipinski definition) is 1. The first-order chi connectivity index (χ1) is 23.3. The van der Waals surface area contributed by atoms with Crippen molar-refractivity contribution in [3.8, 4) is 0 Å². The quantitative estimate of drug-likeness (QED) is 0.161. The van der Waals surface area contributed by atoms with Crippen molar-refractivity contribution in [1.82, 2.24) is 19.7 Å². The lowest BCUT2D eigenvalue weighted by Gasteiger charge is -2.25. The number of ether oxygens (including phenoxy) is 3. The Bertz CT molecular complexity index is 1770. The van der Waals surface area contributed by atoms with E-state index < -0.39 is 41.6 Å². The summed E-state index contributed by atoms with van der Waals surface area (Å²) in [5, 5.41) is 3.31. The third-order valence-corrected chi connectivity index (χ3v) is 7.38. The summed E-state index contributed by atoms with van der Waals surface area (Å²) in [6.07, 6.45) is 0.120. The predicted molar refractivity (Wildman–Crippen MR) is 183 cm³/mol. The summed E-state index contributed by atoms with van der Waals surface area (Å²) in [6.45, 7) is 4.62. The van der Waals surface area contributed by atoms with E-state index in [4.69, 9.17) is 14.2 Å². The fraction of sp³-hybridized carbons (Fsp3) is 0.324. The van der Waals surface area contributed by atoms with E-state index in [2.05, 4.69) is 5.32 Å². The normalized spacial score (nSPS) is 11.7. The number of carbonyl (C=O) groups excluding carboxylic acids is 5. The Labute approximate surface area is 285 Å². The van der Waals surface area contributed by atoms with Gasteiger partial charge in [0.25, 0.3) is 5.91 Å². The Morgan fingerprint density at radius 2 is 1.33 bits per heavy atom. The summed E-state index contributed by atoms with van der Waals surface area (Å²) in [5.74, 6) is -1.56. The van der Waals surface area contributed by atoms with Gasteiger partial charge in [0.1, 0.15) is 37.9 Å². The molecule has 0 aliphatic heterocycles. The van der Waals surface area contributed by atoms with E-state index in [-0.39, 0.29) is 32.7 Å². The molecule has 0 spiro atoms. The minimum Gasteiger partial charge on any atom is -0.459 e. The van der Waals surface area contributed by atoms with Gasteiger partial charge in [0.15, 0.2) is 0 Å². The van der Waals surface area contributed by atoms with Crippen LogP contribution in [0.25, 0.3) is 10.9 Å². The van der Waals surface area contributed by atoms with E-state index >= 15 is 0 Å². The maximum absolute atomic E-state index is 13.6. The van der Waals surface area contributed by atoms with Crippen LogP contribution >= 0.6 is 0 Å². The van der Waals surface area contributed by atoms with E-state index in [1.807, 2.05) is 60.7 Å². The minimum absolute atomic E-state index is 0.000636. The number of nitrogens with one attached hydrogen (secondary N) is 1. The summed E-state index contributed by atoms with van der Waals surface area (Å²) in [7, 11) is 2.92. The van der Waals surface area contributed by atoms with E-state index in [0.717, 1.165) is 16.0 Å². The van der Waals surface area contributed by atoms with Gasteiger partial charge in [-0.3, -0.25) is 14.2 Å². The molecule has 4 rings (SSSR count). The first-order valence-corrected chi connectivity index (χ1v) is 15.8. The van der Waals surface area contributed by atoms with Crippen LogP contribution in [0.4, 0.5) is 9.59 Å². The molecule has 0 radical (unpaired) electrons. The summed E-state index contributed by atoms with van der Waals surface area (Å²) in [6, 6.07) is 24.3. The molecule has 1 heterocycles. The Morgan fingerprint density at radius 3 is 1.94 bits per heavy atom. The Hall–Kier alpha value is -5.65. The lowest BCUT2D eigenvalue weighted by Crippen LogP contribution is -2.43. The van der Waals surface area contributed by atoms with Gasteiger partial charge in [-0.25, -0.2) is 14.4 Å². The third kappa shape index (κ3) is 10.7. The van der Waals surface area contributed by atoms with Gasteiger partial charge in [0.2, 0.25) is 5.91 Å². The number of hydrogen-bond acceptors (Lipinski definition) is 8. The number of rotatable bonds is 12. The number of alkyl carbamates (subject to hydrolysis) is 1. The molecule has 0 fully saturated rings. The highest BCUT2D eigenvalue weighted by atomic mass is 16.6. The molecule has 0 unspecified atom stereocenters. The van der Waals surface area contributed by atoms with Crippen LogP contribution < -0.4 is 5.32 Å². The third-order valence-electron chi connectivity index (χ3n) is 7.38. The predicted octanol–water partition coefficient (Wildman–Crippen LogP) is 5.19. The lowest BCUT2D eigenvalue weighted by molar-refractivity contribution is -0.147. The number of fused-ring (bicyclic) bond motifs is 1. The zero-order chi connectivity index (χ0) is 35.6. The molecule has 49 heavy (non-hydrogen) atoms. The molecular formula is C37H42N4O8. The molecule has 0 bridgehead atoms. The van der Waals surface area contributed by atoms with Crippen LogP contribution in [0.15, 0.2) is 91.1 Å². The maximum Gasteiger partial charge on any atom is 0.410 e. The first-order valence-electron chi connectivity index (χ1n) is 15.8. The van der Waals surface area contributed by atoms with Gasteiger partial charge in [0, 0.05) is 32.1 Å². The van der Waals surface area contributed by atoms with Crippen LogP contribution in [0.5, 0.6) is 0 Å². The van der Waals surface area contributed by atoms with Crippen molar-refractivity contribution < 1.29 is 38.2 Å². The maximum atomic E-state index is 13.6. The molecule has 0 aliphatic rings. The van der Waals surface area contributed by atoms with Crippen LogP contribution in [0.3, 0.4) is 0 Å². The van der Waals surface area contributed by atoms with Crippen molar-refractivity contribution in [2.75, 3.05) is 27.2 Å². The molecule has 3 aromatic carbocycles. The lowest BCUT2D eigenvalue weighted by atomic mass is 10.1. The van der Waals surface area contributed by atoms with Crippen molar-refractivity contribution in [2.45, 2.75) is 52.0 Å². The molecule has 12 heteroatoms. The van der Waals surface area contributed by atoms with Crippen LogP contribution in [0, 0.1) is 0 Å². The van der Waals surface area contributed by atoms with Crippen molar-refractivity contribution in [3.05, 3.63) is 108 Å². The van der Waals surface area contributed by atoms with E-state index in [1.165, 1.54) is 23.6 Å². The highest BCUT2D eigenvalue weighted by molar-refractivity contribution is 5.97. The number of para-hydroxylation sites is 1. The average Bonchev–Trinajstić information content (AvgIpc) is 3.44. The van der Waals surface area contributed by atoms with Gasteiger partial charge >= 0.3 is 18.2 Å². The number of aromatic nitrogens is 1. The van der Waals surface area contributed by atoms with Crippen LogP contribution in [0.1, 0.15) is 42.3 Å². The van der Waals surface area contributed by atoms with E-state index in [9.17, 15) is 24.0 Å². The summed E-state index contributed by atoms with van der Waals surface area (Å²) < 4.78 is 17.7. The molecule has 4 aromatic rings. The van der Waals surface area contributed by atoms with Crippen molar-refractivity contribution in [1.29, 1.82) is 0 Å². The topological polar surface area (TPSA) is 136 Å². The Balaban J connectivity index is 1.50. The second-order valence-corrected chi connectivity index (χ2v) is 12.6. The molecule has 258 valence electrons. The highest BCUT2D eigenvalue weighted by Gasteiger charge is 2.27. The highest BCUT2D eigenvalue weighted by Crippen LogP contribution is 2.23. The zero-order valence-electron chi connectivity index (χ0n) is 28.4. The fourth-order valence-electron chi connectivity index (χ4n) is 4.86. The Kier molecular flexibility index (Phi) is 12.1. The standard InChI is InChI=1S/C37H42N4O8/c1-37(2,3)49-36(46)40(5)22-32(42)39(4)23-33(43)41-21-28(29-18-12-13-19-31(29)41)20-30(34(44)47-24-26-14-8-6-9-15-26)38-35(45)48-25-27-16-10-7-11-17-27/h6-19,21,30H,20,22-25H2,1-5H3,(H,38,45)/t30-/m0/s1. The van der Waals surface area contributed by atoms with Gasteiger partial charge < -0.3 is 29.3 Å². The fourth-order valence-corrected chi connectivity index (χ4v) is 4.86. The molecule has 12 nitrogen and oxygen atoms in total. The molecular weight excluding hydrogens is 628 g/mol. The van der Waals surface area contributed by atoms with Crippen LogP contribution in [0.2, 0.25) is 0 Å². The van der Waals surface area contributed by atoms with Crippen LogP contribution in [-0.4, -0.2) is 83.2 Å². The van der Waals surface area contributed by atoms with Gasteiger partial charge in [-0.2, -0.15) is 0 Å². The van der Waals surface area contributed by atoms with Crippen LogP contribution in [-0.2, 0) is 43.4 Å². The molecule has 0 aliphatic carbocycles. The summed E-state index contributed by atoms with van der Waals surface area (Å²) >= 11 is 0. The summed E-state index contributed by atoms with van der Waals surface area (Å²) in [5.41, 5.74) is 1.98. The second-order valence-electron chi connectivity index (χ2n) is 12.6. The molecule has 1 atom stereocenters. The zero-order valence-corrected chi connectivity index (χ0v) is 28.4. The van der Waals surface area contributed by atoms with Gasteiger partial charge in [-0.15, -0.1) is 0 Å². The van der Waals surface area contributed by atoms with E-state index in [1.54, 1.807) is 51.2 Å². The molecule has 1 aromatic heterocycles. The Morgan fingerprint density at radius 1 is 0.755 bits per heavy atom. The number of amides is 3. The summed E-state index contributed by atoms with van der Waals surface area (Å²) in [4.78, 5) is 67.4. The number of nitrogens with zero attached hydrogens (tertiary/aromatic N) is 3. The molecule has 0 saturated heterocycles. The van der Waals surface area contributed by atoms with Crippen molar-refractivity contribution in [2.24, 2.45) is 0 Å². The van der Waals surface area contributed by atoms with E-state index in [0.29, 0.717) is 16.5 Å². The number of benzene rings is 3. The van der Waals surface area contributed by atoms with Gasteiger partial charge in [0.05, 0.1) is 5.52 Å². The minimum atomic E-state index is -1.14. The smallest absolute Gasteiger partial charge is 0.410 e. The second kappa shape index (κ2) is 16.4. The van der Waals surface area contributed by atoms with Gasteiger partial charge in [-0.05, 0) is 43.5 Å². The largest absolute Gasteiger partial charge is 0.459 e. The van der Waals surface area contributed by atoms with Crippen molar-refractivity contribution in [3.63, 3.8) is 0 Å². The first kappa shape index (κ1) is 36.2. The SMILES string of the molecule is CN(CC(=O)n1cc(C[C@H](NC(=O)OCc2ccccc2)C(=O)OCc2ccccc2)c2ccccc21)C(=O)CN(C)C(=O)OC(C)(C)C.